The first-order valence-electron chi connectivity index (χ1n) is 4.41. The quantitative estimate of drug-likeness (QED) is 0.522. The summed E-state index contributed by atoms with van der Waals surface area (Å²) in [6, 6.07) is 0. The van der Waals surface area contributed by atoms with Gasteiger partial charge in [0.05, 0.1) is 11.1 Å². The van der Waals surface area contributed by atoms with Crippen LogP contribution in [0.15, 0.2) is 23.3 Å². The van der Waals surface area contributed by atoms with Crippen LogP contribution in [0.5, 0.6) is 0 Å². The van der Waals surface area contributed by atoms with Crippen LogP contribution in [0.1, 0.15) is 26.7 Å². The van der Waals surface area contributed by atoms with Gasteiger partial charge in [-0.1, -0.05) is 26.0 Å². The SMILES string of the molecule is CCC=C(C(=O)O)C(=CCC)C(=O)O. The molecular formula is C10H14O4. The highest BCUT2D eigenvalue weighted by atomic mass is 16.4. The molecule has 0 saturated heterocycles. The maximum Gasteiger partial charge on any atom is 0.336 e. The van der Waals surface area contributed by atoms with Gasteiger partial charge in [-0.15, -0.1) is 0 Å². The minimum atomic E-state index is -1.20. The summed E-state index contributed by atoms with van der Waals surface area (Å²) in [5.74, 6) is -2.40. The second-order valence-electron chi connectivity index (χ2n) is 2.66. The Labute approximate surface area is 82.6 Å². The van der Waals surface area contributed by atoms with Gasteiger partial charge in [0.25, 0.3) is 0 Å². The van der Waals surface area contributed by atoms with Gasteiger partial charge >= 0.3 is 11.9 Å². The van der Waals surface area contributed by atoms with Crippen molar-refractivity contribution in [2.45, 2.75) is 26.7 Å². The van der Waals surface area contributed by atoms with Crippen molar-refractivity contribution in [1.29, 1.82) is 0 Å². The lowest BCUT2D eigenvalue weighted by Gasteiger charge is -2.02. The molecule has 78 valence electrons. The van der Waals surface area contributed by atoms with E-state index in [2.05, 4.69) is 0 Å². The van der Waals surface area contributed by atoms with E-state index < -0.39 is 11.9 Å². The van der Waals surface area contributed by atoms with Gasteiger partial charge < -0.3 is 10.2 Å². The average molecular weight is 198 g/mol. The number of aliphatic carboxylic acids is 2. The number of carboxylic acids is 2. The monoisotopic (exact) mass is 198 g/mol. The third-order valence-electron chi connectivity index (χ3n) is 1.57. The Morgan fingerprint density at radius 3 is 1.36 bits per heavy atom. The molecule has 0 aliphatic rings. The van der Waals surface area contributed by atoms with Gasteiger partial charge in [0.15, 0.2) is 0 Å². The predicted octanol–water partition coefficient (Wildman–Crippen LogP) is 1.83. The van der Waals surface area contributed by atoms with Crippen LogP contribution >= 0.6 is 0 Å². The lowest BCUT2D eigenvalue weighted by atomic mass is 10.0. The van der Waals surface area contributed by atoms with Crippen LogP contribution in [0, 0.1) is 0 Å². The van der Waals surface area contributed by atoms with E-state index in [0.29, 0.717) is 12.8 Å². The summed E-state index contributed by atoms with van der Waals surface area (Å²) in [6.07, 6.45) is 3.79. The number of carbonyl (C=O) groups is 2. The topological polar surface area (TPSA) is 74.6 Å². The van der Waals surface area contributed by atoms with Crippen molar-refractivity contribution < 1.29 is 19.8 Å². The molecule has 0 saturated carbocycles. The Morgan fingerprint density at radius 2 is 1.21 bits per heavy atom. The highest BCUT2D eigenvalue weighted by Gasteiger charge is 2.18. The van der Waals surface area contributed by atoms with Crippen LogP contribution in [0.4, 0.5) is 0 Å². The van der Waals surface area contributed by atoms with Gasteiger partial charge in [-0.2, -0.15) is 0 Å². The maximum atomic E-state index is 10.7. The van der Waals surface area contributed by atoms with Crippen molar-refractivity contribution >= 4 is 11.9 Å². The largest absolute Gasteiger partial charge is 0.478 e. The molecule has 0 amide bonds. The van der Waals surface area contributed by atoms with Crippen LogP contribution in [-0.4, -0.2) is 22.2 Å². The molecule has 0 aromatic carbocycles. The van der Waals surface area contributed by atoms with E-state index in [0.717, 1.165) is 0 Å². The first-order valence-corrected chi connectivity index (χ1v) is 4.41. The molecule has 0 aliphatic heterocycles. The number of hydrogen-bond acceptors (Lipinski definition) is 2. The summed E-state index contributed by atoms with van der Waals surface area (Å²) >= 11 is 0. The van der Waals surface area contributed by atoms with Crippen molar-refractivity contribution in [3.05, 3.63) is 23.3 Å². The van der Waals surface area contributed by atoms with Crippen molar-refractivity contribution in [1.82, 2.24) is 0 Å². The third kappa shape index (κ3) is 3.43. The minimum Gasteiger partial charge on any atom is -0.478 e. The Balaban J connectivity index is 5.15. The molecule has 0 aromatic rings. The molecule has 0 atom stereocenters. The summed E-state index contributed by atoms with van der Waals surface area (Å²) in [5, 5.41) is 17.6. The Kier molecular flexibility index (Phi) is 5.29. The van der Waals surface area contributed by atoms with Crippen molar-refractivity contribution in [2.24, 2.45) is 0 Å². The van der Waals surface area contributed by atoms with Gasteiger partial charge in [-0.3, -0.25) is 0 Å². The summed E-state index contributed by atoms with van der Waals surface area (Å²) < 4.78 is 0. The molecule has 2 N–H and O–H groups in total. The first-order chi connectivity index (χ1) is 6.54. The van der Waals surface area contributed by atoms with Gasteiger partial charge in [0.1, 0.15) is 0 Å². The maximum absolute atomic E-state index is 10.7. The molecular weight excluding hydrogens is 184 g/mol. The van der Waals surface area contributed by atoms with Crippen LogP contribution in [0.2, 0.25) is 0 Å². The normalized spacial score (nSPS) is 12.7. The summed E-state index contributed by atoms with van der Waals surface area (Å²) in [4.78, 5) is 21.5. The number of allylic oxidation sites excluding steroid dienone is 2. The van der Waals surface area contributed by atoms with Gasteiger partial charge in [-0.25, -0.2) is 9.59 Å². The molecule has 4 nitrogen and oxygen atoms in total. The molecule has 14 heavy (non-hydrogen) atoms. The molecule has 0 radical (unpaired) electrons. The third-order valence-corrected chi connectivity index (χ3v) is 1.57. The summed E-state index contributed by atoms with van der Waals surface area (Å²) in [6.45, 7) is 3.52. The van der Waals surface area contributed by atoms with Gasteiger partial charge in [0, 0.05) is 0 Å². The Morgan fingerprint density at radius 1 is 0.929 bits per heavy atom. The molecule has 0 bridgehead atoms. The second kappa shape index (κ2) is 5.96. The van der Waals surface area contributed by atoms with Crippen molar-refractivity contribution in [3.63, 3.8) is 0 Å². The van der Waals surface area contributed by atoms with E-state index in [1.54, 1.807) is 13.8 Å². The molecule has 0 rings (SSSR count). The Bertz CT molecular complexity index is 256. The summed E-state index contributed by atoms with van der Waals surface area (Å²) in [7, 11) is 0. The number of hydrogen-bond donors (Lipinski definition) is 2. The molecule has 4 heteroatoms. The van der Waals surface area contributed by atoms with E-state index in [4.69, 9.17) is 10.2 Å². The molecule has 0 unspecified atom stereocenters. The standard InChI is InChI=1S/C10H14O4/c1-3-5-7(9(11)12)8(6-4-2)10(13)14/h5-6H,3-4H2,1-2H3,(H,11,12)(H,13,14). The van der Waals surface area contributed by atoms with Gasteiger partial charge in [-0.05, 0) is 12.8 Å². The lowest BCUT2D eigenvalue weighted by Crippen LogP contribution is -2.11. The zero-order valence-corrected chi connectivity index (χ0v) is 8.28. The fraction of sp³-hybridized carbons (Fsp3) is 0.400. The van der Waals surface area contributed by atoms with E-state index in [-0.39, 0.29) is 11.1 Å². The average Bonchev–Trinajstić information content (AvgIpc) is 2.10. The smallest absolute Gasteiger partial charge is 0.336 e. The zero-order valence-electron chi connectivity index (χ0n) is 8.28. The number of carboxylic acid groups (broad SMARTS) is 2. The van der Waals surface area contributed by atoms with Crippen LogP contribution < -0.4 is 0 Å². The van der Waals surface area contributed by atoms with E-state index in [1.807, 2.05) is 0 Å². The molecule has 0 heterocycles. The van der Waals surface area contributed by atoms with E-state index in [9.17, 15) is 9.59 Å². The molecule has 0 aromatic heterocycles. The molecule has 0 fully saturated rings. The first kappa shape index (κ1) is 12.4. The fourth-order valence-electron chi connectivity index (χ4n) is 1.03. The van der Waals surface area contributed by atoms with E-state index >= 15 is 0 Å². The highest BCUT2D eigenvalue weighted by molar-refractivity contribution is 6.05. The van der Waals surface area contributed by atoms with Crippen LogP contribution in [-0.2, 0) is 9.59 Å². The predicted molar refractivity (Wildman–Crippen MR) is 52.0 cm³/mol. The minimum absolute atomic E-state index is 0.137. The fourth-order valence-corrected chi connectivity index (χ4v) is 1.03. The Hall–Kier alpha value is -1.58. The van der Waals surface area contributed by atoms with Crippen LogP contribution in [0.3, 0.4) is 0 Å². The zero-order chi connectivity index (χ0) is 11.1. The van der Waals surface area contributed by atoms with Gasteiger partial charge in [0.2, 0.25) is 0 Å². The lowest BCUT2D eigenvalue weighted by molar-refractivity contribution is -0.136. The van der Waals surface area contributed by atoms with Crippen molar-refractivity contribution in [3.8, 4) is 0 Å². The van der Waals surface area contributed by atoms with E-state index in [1.165, 1.54) is 12.2 Å². The second-order valence-corrected chi connectivity index (χ2v) is 2.66. The molecule has 0 aliphatic carbocycles. The number of rotatable bonds is 5. The molecule has 0 spiro atoms. The summed E-state index contributed by atoms with van der Waals surface area (Å²) in [5.41, 5.74) is -0.274. The van der Waals surface area contributed by atoms with Crippen molar-refractivity contribution in [2.75, 3.05) is 0 Å². The van der Waals surface area contributed by atoms with Crippen LogP contribution in [0.25, 0.3) is 0 Å². The highest BCUT2D eigenvalue weighted by Crippen LogP contribution is 2.12.